The summed E-state index contributed by atoms with van der Waals surface area (Å²) in [6.45, 7) is 3.56. The number of hydrogen-bond acceptors (Lipinski definition) is 9. The molecule has 140 valence electrons. The fourth-order valence-electron chi connectivity index (χ4n) is 2.59. The second-order valence-corrected chi connectivity index (χ2v) is 6.45. The summed E-state index contributed by atoms with van der Waals surface area (Å²) in [5.41, 5.74) is 10.4. The van der Waals surface area contributed by atoms with Crippen molar-refractivity contribution in [1.82, 2.24) is 9.55 Å². The summed E-state index contributed by atoms with van der Waals surface area (Å²) in [7, 11) is 0. The molecule has 10 heteroatoms. The molecule has 0 spiro atoms. The molecular weight excluding hydrogens is 332 g/mol. The van der Waals surface area contributed by atoms with Gasteiger partial charge in [0.25, 0.3) is 0 Å². The van der Waals surface area contributed by atoms with Gasteiger partial charge in [-0.05, 0) is 18.4 Å². The third-order valence-electron chi connectivity index (χ3n) is 3.88. The van der Waals surface area contributed by atoms with Crippen LogP contribution in [0.15, 0.2) is 17.1 Å². The Morgan fingerprint density at radius 3 is 2.72 bits per heavy atom. The Bertz CT molecular complexity index is 664. The fraction of sp³-hybridized carbons (Fsp3) is 0.667. The minimum Gasteiger partial charge on any atom is -0.462 e. The molecule has 0 aromatic carbocycles. The van der Waals surface area contributed by atoms with Crippen molar-refractivity contribution in [3.63, 3.8) is 0 Å². The smallest absolute Gasteiger partial charge is 0.351 e. The van der Waals surface area contributed by atoms with Crippen LogP contribution in [0.1, 0.15) is 26.5 Å². The quantitative estimate of drug-likeness (QED) is 0.438. The van der Waals surface area contributed by atoms with Crippen LogP contribution in [0.5, 0.6) is 0 Å². The first-order chi connectivity index (χ1) is 11.7. The van der Waals surface area contributed by atoms with Crippen molar-refractivity contribution in [3.05, 3.63) is 22.7 Å². The zero-order valence-electron chi connectivity index (χ0n) is 14.1. The van der Waals surface area contributed by atoms with Gasteiger partial charge in [0, 0.05) is 6.20 Å². The van der Waals surface area contributed by atoms with Crippen molar-refractivity contribution in [2.24, 2.45) is 11.7 Å². The third-order valence-corrected chi connectivity index (χ3v) is 3.88. The molecule has 25 heavy (non-hydrogen) atoms. The summed E-state index contributed by atoms with van der Waals surface area (Å²) >= 11 is 0. The van der Waals surface area contributed by atoms with Crippen molar-refractivity contribution in [2.75, 3.05) is 12.3 Å². The number of nitrogens with zero attached hydrogens (tertiary/aromatic N) is 2. The zero-order valence-corrected chi connectivity index (χ0v) is 14.1. The largest absolute Gasteiger partial charge is 0.462 e. The van der Waals surface area contributed by atoms with E-state index in [1.807, 2.05) is 13.8 Å². The molecule has 0 unspecified atom stereocenters. The van der Waals surface area contributed by atoms with E-state index in [1.54, 1.807) is 0 Å². The van der Waals surface area contributed by atoms with Crippen LogP contribution < -0.4 is 17.2 Å². The number of hydrogen-bond donors (Lipinski definition) is 4. The Balaban J connectivity index is 2.00. The van der Waals surface area contributed by atoms with Crippen LogP contribution in [0.4, 0.5) is 5.82 Å². The topological polar surface area (TPSA) is 163 Å². The molecule has 2 rings (SSSR count). The molecule has 6 N–H and O–H groups in total. The standard InChI is InChI=1S/C15H24N4O6/c1-7(2)5-8(16)14(22)24-6-9-11(20)12(21)13(25-9)19-4-3-10(17)18-15(19)23/h3-4,7-9,11-13,20-21H,5-6,16H2,1-2H3,(H2,17,18,23)/t8-,9+,11+,12-,13+/m0/s1. The highest BCUT2D eigenvalue weighted by Gasteiger charge is 2.44. The maximum atomic E-state index is 11.8. The van der Waals surface area contributed by atoms with Crippen molar-refractivity contribution < 1.29 is 24.5 Å². The van der Waals surface area contributed by atoms with Crippen molar-refractivity contribution in [3.8, 4) is 0 Å². The number of ether oxygens (including phenoxy) is 2. The van der Waals surface area contributed by atoms with Gasteiger partial charge in [-0.1, -0.05) is 13.8 Å². The first-order valence-electron chi connectivity index (χ1n) is 7.99. The summed E-state index contributed by atoms with van der Waals surface area (Å²) in [5, 5.41) is 20.2. The van der Waals surface area contributed by atoms with Gasteiger partial charge >= 0.3 is 11.7 Å². The number of aliphatic hydroxyl groups excluding tert-OH is 2. The van der Waals surface area contributed by atoms with Crippen molar-refractivity contribution in [2.45, 2.75) is 50.8 Å². The van der Waals surface area contributed by atoms with Gasteiger partial charge in [-0.3, -0.25) is 9.36 Å². The first-order valence-corrected chi connectivity index (χ1v) is 7.99. The van der Waals surface area contributed by atoms with Gasteiger partial charge in [0.2, 0.25) is 0 Å². The summed E-state index contributed by atoms with van der Waals surface area (Å²) in [4.78, 5) is 27.2. The van der Waals surface area contributed by atoms with E-state index in [1.165, 1.54) is 12.3 Å². The molecule has 1 fully saturated rings. The van der Waals surface area contributed by atoms with E-state index in [9.17, 15) is 19.8 Å². The van der Waals surface area contributed by atoms with Gasteiger partial charge in [0.15, 0.2) is 6.23 Å². The van der Waals surface area contributed by atoms with Gasteiger partial charge in [-0.25, -0.2) is 4.79 Å². The molecule has 0 saturated carbocycles. The minimum atomic E-state index is -1.39. The average molecular weight is 356 g/mol. The second kappa shape index (κ2) is 7.91. The number of rotatable bonds is 6. The van der Waals surface area contributed by atoms with Gasteiger partial charge in [-0.15, -0.1) is 0 Å². The van der Waals surface area contributed by atoms with Crippen LogP contribution in [0.3, 0.4) is 0 Å². The number of carbonyl (C=O) groups is 1. The van der Waals surface area contributed by atoms with Gasteiger partial charge in [-0.2, -0.15) is 4.98 Å². The maximum absolute atomic E-state index is 11.8. The lowest BCUT2D eigenvalue weighted by molar-refractivity contribution is -0.152. The highest BCUT2D eigenvalue weighted by Crippen LogP contribution is 2.28. The van der Waals surface area contributed by atoms with E-state index in [4.69, 9.17) is 20.9 Å². The number of aliphatic hydroxyl groups is 2. The predicted molar refractivity (Wildman–Crippen MR) is 87.2 cm³/mol. The van der Waals surface area contributed by atoms with E-state index < -0.39 is 42.2 Å². The van der Waals surface area contributed by atoms with E-state index in [-0.39, 0.29) is 18.3 Å². The molecule has 1 aliphatic rings. The molecule has 5 atom stereocenters. The molecule has 10 nitrogen and oxygen atoms in total. The van der Waals surface area contributed by atoms with Crippen molar-refractivity contribution in [1.29, 1.82) is 0 Å². The Morgan fingerprint density at radius 1 is 1.44 bits per heavy atom. The van der Waals surface area contributed by atoms with Crippen LogP contribution >= 0.6 is 0 Å². The Hall–Kier alpha value is -2.01. The Labute approximate surface area is 144 Å². The molecule has 1 saturated heterocycles. The first kappa shape index (κ1) is 19.3. The Kier molecular flexibility index (Phi) is 6.11. The summed E-state index contributed by atoms with van der Waals surface area (Å²) in [6, 6.07) is 0.588. The lowest BCUT2D eigenvalue weighted by Gasteiger charge is -2.18. The number of carbonyl (C=O) groups excluding carboxylic acids is 1. The SMILES string of the molecule is CC(C)C[C@H](N)C(=O)OC[C@H]1O[C@@H](n2ccc(N)nc2=O)[C@@H](O)[C@@H]1O. The highest BCUT2D eigenvalue weighted by molar-refractivity contribution is 5.75. The normalized spacial score (nSPS) is 27.4. The molecular formula is C15H24N4O6. The summed E-state index contributed by atoms with van der Waals surface area (Å²) in [5.74, 6) is -0.361. The average Bonchev–Trinajstić information content (AvgIpc) is 2.80. The second-order valence-electron chi connectivity index (χ2n) is 6.45. The molecule has 0 radical (unpaired) electrons. The maximum Gasteiger partial charge on any atom is 0.351 e. The van der Waals surface area contributed by atoms with E-state index in [0.29, 0.717) is 6.42 Å². The highest BCUT2D eigenvalue weighted by atomic mass is 16.6. The van der Waals surface area contributed by atoms with Gasteiger partial charge < -0.3 is 31.2 Å². The Morgan fingerprint density at radius 2 is 2.12 bits per heavy atom. The van der Waals surface area contributed by atoms with Crippen LogP contribution in [-0.2, 0) is 14.3 Å². The lowest BCUT2D eigenvalue weighted by Crippen LogP contribution is -2.38. The van der Waals surface area contributed by atoms with E-state index in [2.05, 4.69) is 4.98 Å². The lowest BCUT2D eigenvalue weighted by atomic mass is 10.1. The molecule has 1 aliphatic heterocycles. The zero-order chi connectivity index (χ0) is 18.7. The molecule has 2 heterocycles. The van der Waals surface area contributed by atoms with Crippen LogP contribution in [0.2, 0.25) is 0 Å². The molecule has 1 aromatic heterocycles. The van der Waals surface area contributed by atoms with E-state index in [0.717, 1.165) is 4.57 Å². The third kappa shape index (κ3) is 4.54. The number of nitrogen functional groups attached to an aromatic ring is 1. The summed E-state index contributed by atoms with van der Waals surface area (Å²) < 4.78 is 11.5. The van der Waals surface area contributed by atoms with E-state index >= 15 is 0 Å². The van der Waals surface area contributed by atoms with Gasteiger partial charge in [0.1, 0.15) is 36.8 Å². The van der Waals surface area contributed by atoms with Crippen LogP contribution in [0.25, 0.3) is 0 Å². The molecule has 0 amide bonds. The molecule has 0 bridgehead atoms. The molecule has 1 aromatic rings. The minimum absolute atomic E-state index is 0.0268. The molecule has 0 aliphatic carbocycles. The summed E-state index contributed by atoms with van der Waals surface area (Å²) in [6.07, 6.45) is -3.13. The van der Waals surface area contributed by atoms with Gasteiger partial charge in [0.05, 0.1) is 0 Å². The monoisotopic (exact) mass is 356 g/mol. The van der Waals surface area contributed by atoms with Crippen molar-refractivity contribution >= 4 is 11.8 Å². The van der Waals surface area contributed by atoms with Crippen LogP contribution in [-0.4, -0.2) is 56.7 Å². The van der Waals surface area contributed by atoms with Crippen LogP contribution in [0, 0.1) is 5.92 Å². The predicted octanol–water partition coefficient (Wildman–Crippen LogP) is -1.64. The number of aromatic nitrogens is 2. The number of anilines is 1. The number of esters is 1. The number of nitrogens with two attached hydrogens (primary N) is 2. The fourth-order valence-corrected chi connectivity index (χ4v) is 2.59.